The Kier molecular flexibility index (Phi) is 5.70. The van der Waals surface area contributed by atoms with Gasteiger partial charge < -0.3 is 28.9 Å². The van der Waals surface area contributed by atoms with Crippen molar-refractivity contribution in [2.75, 3.05) is 47.1 Å². The molecule has 1 spiro atoms. The minimum absolute atomic E-state index is 0.0435. The fourth-order valence-electron chi connectivity index (χ4n) is 5.32. The number of rotatable bonds is 6. The summed E-state index contributed by atoms with van der Waals surface area (Å²) in [6.45, 7) is 3.37. The molecule has 0 radical (unpaired) electrons. The lowest BCUT2D eigenvalue weighted by Crippen LogP contribution is -2.68. The Balaban J connectivity index is 1.86. The van der Waals surface area contributed by atoms with Gasteiger partial charge in [-0.1, -0.05) is 6.92 Å². The second kappa shape index (κ2) is 8.16. The molecule has 31 heavy (non-hydrogen) atoms. The van der Waals surface area contributed by atoms with Crippen LogP contribution >= 0.6 is 0 Å². The van der Waals surface area contributed by atoms with E-state index in [9.17, 15) is 14.7 Å². The van der Waals surface area contributed by atoms with Crippen LogP contribution in [-0.4, -0.2) is 78.4 Å². The van der Waals surface area contributed by atoms with Crippen LogP contribution in [0, 0.1) is 0 Å². The lowest BCUT2D eigenvalue weighted by Gasteiger charge is -2.56. The molecule has 4 rings (SSSR count). The van der Waals surface area contributed by atoms with Gasteiger partial charge in [0.15, 0.2) is 0 Å². The molecule has 0 bridgehead atoms. The Morgan fingerprint density at radius 2 is 1.94 bits per heavy atom. The third kappa shape index (κ3) is 3.29. The standard InChI is InChI=1S/C23H31N3O5/c1-5-6-19(28)25-12-23(13-25)14-26(20(29)11-30-3)18(10-27)22-21(23)16-8-7-15(31-4)9-17(16)24(22)2/h7-9,18,27H,5-6,10-14H2,1-4H3/t18-/m0/s1. The van der Waals surface area contributed by atoms with Gasteiger partial charge >= 0.3 is 0 Å². The zero-order chi connectivity index (χ0) is 22.3. The van der Waals surface area contributed by atoms with Crippen molar-refractivity contribution < 1.29 is 24.2 Å². The molecule has 1 atom stereocenters. The third-order valence-corrected chi connectivity index (χ3v) is 6.71. The SMILES string of the molecule is CCCC(=O)N1CC2(C1)CN(C(=O)COC)[C@@H](CO)c1c2c2ccc(OC)cc2n1C. The fourth-order valence-corrected chi connectivity index (χ4v) is 5.32. The van der Waals surface area contributed by atoms with E-state index in [0.29, 0.717) is 26.1 Å². The molecular formula is C23H31N3O5. The van der Waals surface area contributed by atoms with E-state index < -0.39 is 6.04 Å². The lowest BCUT2D eigenvalue weighted by atomic mass is 9.68. The Bertz CT molecular complexity index is 1010. The number of hydrogen-bond acceptors (Lipinski definition) is 5. The van der Waals surface area contributed by atoms with Gasteiger partial charge in [0.25, 0.3) is 0 Å². The zero-order valence-electron chi connectivity index (χ0n) is 18.7. The van der Waals surface area contributed by atoms with Crippen molar-refractivity contribution in [3.63, 3.8) is 0 Å². The zero-order valence-corrected chi connectivity index (χ0v) is 18.7. The molecule has 2 aromatic rings. The summed E-state index contributed by atoms with van der Waals surface area (Å²) in [7, 11) is 5.09. The second-order valence-electron chi connectivity index (χ2n) is 8.64. The number of carbonyl (C=O) groups is 2. The predicted octanol–water partition coefficient (Wildman–Crippen LogP) is 1.59. The van der Waals surface area contributed by atoms with Crippen LogP contribution in [0.15, 0.2) is 18.2 Å². The van der Waals surface area contributed by atoms with Gasteiger partial charge in [-0.05, 0) is 24.1 Å². The van der Waals surface area contributed by atoms with E-state index in [0.717, 1.165) is 34.3 Å². The van der Waals surface area contributed by atoms with E-state index in [4.69, 9.17) is 9.47 Å². The van der Waals surface area contributed by atoms with E-state index in [-0.39, 0.29) is 30.4 Å². The number of ether oxygens (including phenoxy) is 2. The molecule has 3 heterocycles. The van der Waals surface area contributed by atoms with Gasteiger partial charge in [-0.25, -0.2) is 0 Å². The number of aliphatic hydroxyl groups is 1. The largest absolute Gasteiger partial charge is 0.497 e. The molecule has 0 aliphatic carbocycles. The fraction of sp³-hybridized carbons (Fsp3) is 0.565. The van der Waals surface area contributed by atoms with Gasteiger partial charge in [0.1, 0.15) is 12.4 Å². The van der Waals surface area contributed by atoms with E-state index in [2.05, 4.69) is 4.57 Å². The van der Waals surface area contributed by atoms with E-state index in [1.54, 1.807) is 12.0 Å². The minimum atomic E-state index is -0.466. The number of likely N-dealkylation sites (tertiary alicyclic amines) is 1. The average Bonchev–Trinajstić information content (AvgIpc) is 3.03. The van der Waals surface area contributed by atoms with Crippen molar-refractivity contribution in [1.29, 1.82) is 0 Å². The maximum atomic E-state index is 12.9. The first-order chi connectivity index (χ1) is 14.9. The van der Waals surface area contributed by atoms with Crippen molar-refractivity contribution in [3.8, 4) is 5.75 Å². The maximum absolute atomic E-state index is 12.9. The highest BCUT2D eigenvalue weighted by molar-refractivity contribution is 5.90. The molecule has 8 nitrogen and oxygen atoms in total. The molecule has 168 valence electrons. The van der Waals surface area contributed by atoms with Crippen LogP contribution in [0.2, 0.25) is 0 Å². The van der Waals surface area contributed by atoms with Gasteiger partial charge in [-0.3, -0.25) is 9.59 Å². The van der Waals surface area contributed by atoms with Gasteiger partial charge in [0.05, 0.1) is 30.7 Å². The summed E-state index contributed by atoms with van der Waals surface area (Å²) in [6, 6.07) is 5.50. The molecule has 1 aromatic carbocycles. The molecule has 1 aromatic heterocycles. The Morgan fingerprint density at radius 1 is 1.19 bits per heavy atom. The summed E-state index contributed by atoms with van der Waals surface area (Å²) < 4.78 is 12.6. The minimum Gasteiger partial charge on any atom is -0.497 e. The summed E-state index contributed by atoms with van der Waals surface area (Å²) in [5.41, 5.74) is 2.68. The van der Waals surface area contributed by atoms with Gasteiger partial charge in [0, 0.05) is 57.4 Å². The summed E-state index contributed by atoms with van der Waals surface area (Å²) in [4.78, 5) is 29.1. The molecule has 2 aliphatic rings. The molecule has 0 saturated carbocycles. The first kappa shape index (κ1) is 21.6. The number of benzene rings is 1. The summed E-state index contributed by atoms with van der Waals surface area (Å²) in [6.07, 6.45) is 1.34. The van der Waals surface area contributed by atoms with Crippen LogP contribution < -0.4 is 4.74 Å². The van der Waals surface area contributed by atoms with Crippen molar-refractivity contribution >= 4 is 22.7 Å². The van der Waals surface area contributed by atoms with Crippen LogP contribution in [0.25, 0.3) is 10.9 Å². The van der Waals surface area contributed by atoms with Crippen molar-refractivity contribution in [3.05, 3.63) is 29.5 Å². The van der Waals surface area contributed by atoms with Crippen LogP contribution in [0.5, 0.6) is 5.75 Å². The molecule has 1 saturated heterocycles. The van der Waals surface area contributed by atoms with Crippen molar-refractivity contribution in [1.82, 2.24) is 14.4 Å². The number of methoxy groups -OCH3 is 2. The number of amides is 2. The predicted molar refractivity (Wildman–Crippen MR) is 116 cm³/mol. The normalized spacial score (nSPS) is 19.5. The molecule has 0 unspecified atom stereocenters. The first-order valence-electron chi connectivity index (χ1n) is 10.7. The van der Waals surface area contributed by atoms with Crippen LogP contribution in [0.1, 0.15) is 37.1 Å². The summed E-state index contributed by atoms with van der Waals surface area (Å²) >= 11 is 0. The van der Waals surface area contributed by atoms with E-state index in [1.165, 1.54) is 7.11 Å². The first-order valence-corrected chi connectivity index (χ1v) is 10.7. The van der Waals surface area contributed by atoms with Crippen LogP contribution in [-0.2, 0) is 26.8 Å². The number of carbonyl (C=O) groups excluding carboxylic acids is 2. The monoisotopic (exact) mass is 429 g/mol. The maximum Gasteiger partial charge on any atom is 0.249 e. The Morgan fingerprint density at radius 3 is 2.55 bits per heavy atom. The molecular weight excluding hydrogens is 398 g/mol. The van der Waals surface area contributed by atoms with Crippen LogP contribution in [0.4, 0.5) is 0 Å². The van der Waals surface area contributed by atoms with Crippen molar-refractivity contribution in [2.45, 2.75) is 31.2 Å². The third-order valence-electron chi connectivity index (χ3n) is 6.71. The highest BCUT2D eigenvalue weighted by atomic mass is 16.5. The Labute approximate surface area is 182 Å². The topological polar surface area (TPSA) is 84.2 Å². The smallest absolute Gasteiger partial charge is 0.249 e. The number of fused-ring (bicyclic) bond motifs is 4. The number of nitrogens with zero attached hydrogens (tertiary/aromatic N) is 3. The second-order valence-corrected chi connectivity index (χ2v) is 8.64. The molecule has 2 amide bonds. The van der Waals surface area contributed by atoms with E-state index in [1.807, 2.05) is 37.1 Å². The van der Waals surface area contributed by atoms with Crippen LogP contribution in [0.3, 0.4) is 0 Å². The quantitative estimate of drug-likeness (QED) is 0.754. The Hall–Kier alpha value is -2.58. The number of aryl methyl sites for hydroxylation is 1. The van der Waals surface area contributed by atoms with Crippen molar-refractivity contribution in [2.24, 2.45) is 7.05 Å². The van der Waals surface area contributed by atoms with E-state index >= 15 is 0 Å². The summed E-state index contributed by atoms with van der Waals surface area (Å²) in [5.74, 6) is 0.740. The highest BCUT2D eigenvalue weighted by Crippen LogP contribution is 2.49. The molecule has 8 heteroatoms. The number of aliphatic hydroxyl groups excluding tert-OH is 1. The average molecular weight is 430 g/mol. The molecule has 2 aliphatic heterocycles. The molecule has 1 N–H and O–H groups in total. The van der Waals surface area contributed by atoms with Gasteiger partial charge in [-0.2, -0.15) is 0 Å². The number of hydrogen-bond donors (Lipinski definition) is 1. The highest BCUT2D eigenvalue weighted by Gasteiger charge is 2.55. The van der Waals surface area contributed by atoms with Gasteiger partial charge in [0.2, 0.25) is 11.8 Å². The van der Waals surface area contributed by atoms with Gasteiger partial charge in [-0.15, -0.1) is 0 Å². The summed E-state index contributed by atoms with van der Waals surface area (Å²) in [5, 5.41) is 11.4. The molecule has 1 fully saturated rings. The number of aromatic nitrogens is 1. The lowest BCUT2D eigenvalue weighted by molar-refractivity contribution is -0.147.